The average molecular weight is 344 g/mol. The normalized spacial score (nSPS) is 16.3. The smallest absolute Gasteiger partial charge is 0.265 e. The van der Waals surface area contributed by atoms with Crippen molar-refractivity contribution in [3.63, 3.8) is 0 Å². The van der Waals surface area contributed by atoms with Crippen LogP contribution in [0.25, 0.3) is 0 Å². The topological polar surface area (TPSA) is 81.4 Å². The number of nitrogens with one attached hydrogen (secondary N) is 1. The molecule has 0 bridgehead atoms. The van der Waals surface area contributed by atoms with Crippen LogP contribution < -0.4 is 15.8 Å². The van der Waals surface area contributed by atoms with Gasteiger partial charge in [-0.1, -0.05) is 6.92 Å². The zero-order valence-corrected chi connectivity index (χ0v) is 14.3. The molecular formula is C18H20N2O3S. The van der Waals surface area contributed by atoms with Gasteiger partial charge in [-0.2, -0.15) is 0 Å². The Morgan fingerprint density at radius 2 is 2.08 bits per heavy atom. The summed E-state index contributed by atoms with van der Waals surface area (Å²) in [5.41, 5.74) is 7.04. The minimum absolute atomic E-state index is 0.0899. The third kappa shape index (κ3) is 3.94. The van der Waals surface area contributed by atoms with Gasteiger partial charge in [-0.25, -0.2) is 0 Å². The molecule has 0 spiro atoms. The Morgan fingerprint density at radius 3 is 2.79 bits per heavy atom. The van der Waals surface area contributed by atoms with Crippen LogP contribution in [0, 0.1) is 5.92 Å². The van der Waals surface area contributed by atoms with Crippen LogP contribution in [-0.2, 0) is 17.6 Å². The maximum absolute atomic E-state index is 12.4. The molecule has 126 valence electrons. The van der Waals surface area contributed by atoms with E-state index >= 15 is 0 Å². The van der Waals surface area contributed by atoms with Crippen molar-refractivity contribution >= 4 is 28.8 Å². The number of amides is 2. The number of rotatable bonds is 5. The molecule has 3 N–H and O–H groups in total. The number of anilines is 1. The van der Waals surface area contributed by atoms with Crippen LogP contribution in [0.5, 0.6) is 5.75 Å². The molecule has 2 amide bonds. The van der Waals surface area contributed by atoms with Crippen molar-refractivity contribution in [2.45, 2.75) is 26.2 Å². The number of benzene rings is 1. The molecule has 1 unspecified atom stereocenters. The first kappa shape index (κ1) is 16.5. The van der Waals surface area contributed by atoms with E-state index in [2.05, 4.69) is 12.2 Å². The van der Waals surface area contributed by atoms with Gasteiger partial charge in [0, 0.05) is 10.6 Å². The molecule has 2 aromatic rings. The van der Waals surface area contributed by atoms with Crippen LogP contribution in [0.15, 0.2) is 30.3 Å². The Kier molecular flexibility index (Phi) is 4.85. The zero-order chi connectivity index (χ0) is 17.1. The third-order valence-electron chi connectivity index (χ3n) is 4.05. The molecule has 0 radical (unpaired) electrons. The van der Waals surface area contributed by atoms with Crippen LogP contribution in [0.2, 0.25) is 0 Å². The summed E-state index contributed by atoms with van der Waals surface area (Å²) in [4.78, 5) is 25.2. The summed E-state index contributed by atoms with van der Waals surface area (Å²) in [5.74, 6) is 0.611. The van der Waals surface area contributed by atoms with E-state index in [1.807, 2.05) is 6.07 Å². The predicted molar refractivity (Wildman–Crippen MR) is 94.6 cm³/mol. The van der Waals surface area contributed by atoms with Gasteiger partial charge < -0.3 is 15.8 Å². The fourth-order valence-corrected chi connectivity index (χ4v) is 3.90. The van der Waals surface area contributed by atoms with E-state index in [0.29, 0.717) is 17.4 Å². The summed E-state index contributed by atoms with van der Waals surface area (Å²) >= 11 is 1.59. The highest BCUT2D eigenvalue weighted by atomic mass is 32.1. The number of aryl methyl sites for hydroxylation is 1. The summed E-state index contributed by atoms with van der Waals surface area (Å²) in [6, 6.07) is 8.89. The summed E-state index contributed by atoms with van der Waals surface area (Å²) in [7, 11) is 0. The molecule has 0 fully saturated rings. The van der Waals surface area contributed by atoms with Crippen molar-refractivity contribution in [3.8, 4) is 5.75 Å². The number of carbonyl (C=O) groups excluding carboxylic acids is 2. The number of hydrogen-bond donors (Lipinski definition) is 2. The standard InChI is InChI=1S/C18H20N2O3S/c1-11-2-7-15-12(8-11)9-16(24-15)18(22)20-13-3-5-14(6-4-13)23-10-17(19)21/h3-6,9,11H,2,7-8,10H2,1H3,(H2,19,21)(H,20,22). The summed E-state index contributed by atoms with van der Waals surface area (Å²) in [5, 5.41) is 2.89. The molecular weight excluding hydrogens is 324 g/mol. The summed E-state index contributed by atoms with van der Waals surface area (Å²) < 4.78 is 5.19. The molecule has 1 aromatic heterocycles. The van der Waals surface area contributed by atoms with Crippen molar-refractivity contribution in [1.82, 2.24) is 0 Å². The maximum atomic E-state index is 12.4. The quantitative estimate of drug-likeness (QED) is 0.875. The Labute approximate surface area is 144 Å². The Morgan fingerprint density at radius 1 is 1.33 bits per heavy atom. The van der Waals surface area contributed by atoms with Gasteiger partial charge in [0.2, 0.25) is 0 Å². The largest absolute Gasteiger partial charge is 0.484 e. The van der Waals surface area contributed by atoms with Gasteiger partial charge in [-0.15, -0.1) is 11.3 Å². The van der Waals surface area contributed by atoms with E-state index in [1.54, 1.807) is 35.6 Å². The lowest BCUT2D eigenvalue weighted by molar-refractivity contribution is -0.119. The first-order valence-electron chi connectivity index (χ1n) is 7.95. The number of nitrogens with two attached hydrogens (primary N) is 1. The molecule has 1 heterocycles. The third-order valence-corrected chi connectivity index (χ3v) is 5.28. The Bertz CT molecular complexity index is 752. The number of primary amides is 1. The molecule has 0 aliphatic heterocycles. The van der Waals surface area contributed by atoms with Crippen LogP contribution in [-0.4, -0.2) is 18.4 Å². The first-order chi connectivity index (χ1) is 11.5. The number of thiophene rings is 1. The molecule has 1 atom stereocenters. The van der Waals surface area contributed by atoms with Crippen molar-refractivity contribution in [3.05, 3.63) is 45.6 Å². The second kappa shape index (κ2) is 7.05. The lowest BCUT2D eigenvalue weighted by Crippen LogP contribution is -2.20. The van der Waals surface area contributed by atoms with E-state index in [4.69, 9.17) is 10.5 Å². The number of carbonyl (C=O) groups is 2. The molecule has 24 heavy (non-hydrogen) atoms. The monoisotopic (exact) mass is 344 g/mol. The van der Waals surface area contributed by atoms with Crippen molar-refractivity contribution in [2.75, 3.05) is 11.9 Å². The van der Waals surface area contributed by atoms with E-state index < -0.39 is 5.91 Å². The maximum Gasteiger partial charge on any atom is 0.265 e. The fraction of sp³-hybridized carbons (Fsp3) is 0.333. The van der Waals surface area contributed by atoms with Crippen LogP contribution in [0.4, 0.5) is 5.69 Å². The van der Waals surface area contributed by atoms with Gasteiger partial charge in [0.1, 0.15) is 5.75 Å². The highest BCUT2D eigenvalue weighted by Crippen LogP contribution is 2.32. The van der Waals surface area contributed by atoms with Crippen LogP contribution in [0.1, 0.15) is 33.5 Å². The number of ether oxygens (including phenoxy) is 1. The first-order valence-corrected chi connectivity index (χ1v) is 8.77. The van der Waals surface area contributed by atoms with E-state index in [-0.39, 0.29) is 12.5 Å². The molecule has 1 aliphatic rings. The molecule has 0 saturated carbocycles. The van der Waals surface area contributed by atoms with E-state index in [1.165, 1.54) is 16.9 Å². The Balaban J connectivity index is 1.63. The number of hydrogen-bond acceptors (Lipinski definition) is 4. The van der Waals surface area contributed by atoms with Crippen LogP contribution in [0.3, 0.4) is 0 Å². The van der Waals surface area contributed by atoms with Crippen LogP contribution >= 0.6 is 11.3 Å². The highest BCUT2D eigenvalue weighted by Gasteiger charge is 2.20. The average Bonchev–Trinajstić information content (AvgIpc) is 2.97. The lowest BCUT2D eigenvalue weighted by atomic mass is 9.90. The predicted octanol–water partition coefficient (Wildman–Crippen LogP) is 2.99. The van der Waals surface area contributed by atoms with Gasteiger partial charge in [0.15, 0.2) is 6.61 Å². The second-order valence-electron chi connectivity index (χ2n) is 6.14. The zero-order valence-electron chi connectivity index (χ0n) is 13.5. The molecule has 1 aromatic carbocycles. The molecule has 3 rings (SSSR count). The van der Waals surface area contributed by atoms with Gasteiger partial charge in [0.05, 0.1) is 4.88 Å². The fourth-order valence-electron chi connectivity index (χ4n) is 2.80. The Hall–Kier alpha value is -2.34. The highest BCUT2D eigenvalue weighted by molar-refractivity contribution is 7.14. The van der Waals surface area contributed by atoms with Gasteiger partial charge >= 0.3 is 0 Å². The van der Waals surface area contributed by atoms with Crippen molar-refractivity contribution in [2.24, 2.45) is 11.7 Å². The summed E-state index contributed by atoms with van der Waals surface area (Å²) in [6.45, 7) is 2.09. The van der Waals surface area contributed by atoms with Gasteiger partial charge in [0.25, 0.3) is 11.8 Å². The molecule has 0 saturated heterocycles. The summed E-state index contributed by atoms with van der Waals surface area (Å²) in [6.07, 6.45) is 3.33. The van der Waals surface area contributed by atoms with Crippen molar-refractivity contribution < 1.29 is 14.3 Å². The van der Waals surface area contributed by atoms with Gasteiger partial charge in [-0.3, -0.25) is 9.59 Å². The minimum Gasteiger partial charge on any atom is -0.484 e. The second-order valence-corrected chi connectivity index (χ2v) is 7.28. The molecule has 5 nitrogen and oxygen atoms in total. The van der Waals surface area contributed by atoms with E-state index in [9.17, 15) is 9.59 Å². The molecule has 6 heteroatoms. The van der Waals surface area contributed by atoms with Gasteiger partial charge in [-0.05, 0) is 61.1 Å². The molecule has 1 aliphatic carbocycles. The number of fused-ring (bicyclic) bond motifs is 1. The SMILES string of the molecule is CC1CCc2sc(C(=O)Nc3ccc(OCC(N)=O)cc3)cc2C1. The van der Waals surface area contributed by atoms with E-state index in [0.717, 1.165) is 17.7 Å². The van der Waals surface area contributed by atoms with Crippen molar-refractivity contribution in [1.29, 1.82) is 0 Å². The lowest BCUT2D eigenvalue weighted by Gasteiger charge is -2.16. The minimum atomic E-state index is -0.525.